The topological polar surface area (TPSA) is 35.2 Å². The molecule has 2 nitrogen and oxygen atoms in total. The Balaban J connectivity index is 2.16. The molecule has 0 aliphatic rings. The standard InChI is InChI=1S/C16H13F2NO/c17-14-4-1-5-16(10-14)20-11-13-6-7-15(18)9-12(13)3-2-8-19/h1,4-7,9-10H,8,11,19H2. The summed E-state index contributed by atoms with van der Waals surface area (Å²) in [6.07, 6.45) is 0. The highest BCUT2D eigenvalue weighted by atomic mass is 19.1. The summed E-state index contributed by atoms with van der Waals surface area (Å²) in [6, 6.07) is 10.1. The van der Waals surface area contributed by atoms with Crippen molar-refractivity contribution in [3.63, 3.8) is 0 Å². The lowest BCUT2D eigenvalue weighted by Gasteiger charge is -2.08. The van der Waals surface area contributed by atoms with E-state index < -0.39 is 0 Å². The van der Waals surface area contributed by atoms with E-state index >= 15 is 0 Å². The van der Waals surface area contributed by atoms with Crippen LogP contribution >= 0.6 is 0 Å². The van der Waals surface area contributed by atoms with Crippen LogP contribution in [0.1, 0.15) is 11.1 Å². The first-order valence-corrected chi connectivity index (χ1v) is 6.05. The predicted molar refractivity (Wildman–Crippen MR) is 73.1 cm³/mol. The summed E-state index contributed by atoms with van der Waals surface area (Å²) < 4.78 is 31.7. The molecule has 0 fully saturated rings. The molecule has 0 atom stereocenters. The average molecular weight is 273 g/mol. The van der Waals surface area contributed by atoms with Crippen LogP contribution in [-0.4, -0.2) is 6.54 Å². The number of ether oxygens (including phenoxy) is 1. The van der Waals surface area contributed by atoms with Gasteiger partial charge in [-0.3, -0.25) is 0 Å². The number of hydrogen-bond donors (Lipinski definition) is 1. The Hall–Kier alpha value is -2.38. The molecule has 4 heteroatoms. The molecule has 2 aromatic rings. The van der Waals surface area contributed by atoms with Gasteiger partial charge in [0.05, 0.1) is 6.54 Å². The minimum absolute atomic E-state index is 0.179. The molecule has 0 heterocycles. The van der Waals surface area contributed by atoms with E-state index in [0.717, 1.165) is 5.56 Å². The SMILES string of the molecule is NCC#Cc1cc(F)ccc1COc1cccc(F)c1. The molecule has 0 bridgehead atoms. The van der Waals surface area contributed by atoms with Crippen LogP contribution in [0.3, 0.4) is 0 Å². The quantitative estimate of drug-likeness (QED) is 0.873. The highest BCUT2D eigenvalue weighted by Gasteiger charge is 2.04. The van der Waals surface area contributed by atoms with Crippen molar-refractivity contribution in [3.05, 3.63) is 65.2 Å². The van der Waals surface area contributed by atoms with Gasteiger partial charge in [-0.15, -0.1) is 0 Å². The number of nitrogens with two attached hydrogens (primary N) is 1. The normalized spacial score (nSPS) is 9.75. The largest absolute Gasteiger partial charge is 0.489 e. The van der Waals surface area contributed by atoms with Gasteiger partial charge in [-0.1, -0.05) is 24.0 Å². The molecule has 2 rings (SSSR count). The Labute approximate surface area is 116 Å². The summed E-state index contributed by atoms with van der Waals surface area (Å²) >= 11 is 0. The molecule has 0 saturated carbocycles. The molecule has 0 spiro atoms. The van der Waals surface area contributed by atoms with Crippen molar-refractivity contribution in [2.75, 3.05) is 6.54 Å². The van der Waals surface area contributed by atoms with Crippen molar-refractivity contribution >= 4 is 0 Å². The van der Waals surface area contributed by atoms with Gasteiger partial charge in [0.1, 0.15) is 24.0 Å². The summed E-state index contributed by atoms with van der Waals surface area (Å²) in [5.41, 5.74) is 6.55. The third-order valence-electron chi connectivity index (χ3n) is 2.59. The number of rotatable bonds is 3. The fraction of sp³-hybridized carbons (Fsp3) is 0.125. The average Bonchev–Trinajstić information content (AvgIpc) is 2.44. The van der Waals surface area contributed by atoms with Crippen LogP contribution < -0.4 is 10.5 Å². The van der Waals surface area contributed by atoms with E-state index in [0.29, 0.717) is 11.3 Å². The molecule has 0 amide bonds. The maximum atomic E-state index is 13.2. The zero-order valence-electron chi connectivity index (χ0n) is 10.7. The molecule has 20 heavy (non-hydrogen) atoms. The Bertz CT molecular complexity index is 659. The van der Waals surface area contributed by atoms with E-state index in [-0.39, 0.29) is 24.8 Å². The van der Waals surface area contributed by atoms with Crippen molar-refractivity contribution in [3.8, 4) is 17.6 Å². The van der Waals surface area contributed by atoms with Crippen molar-refractivity contribution in [2.24, 2.45) is 5.73 Å². The van der Waals surface area contributed by atoms with Gasteiger partial charge in [0.25, 0.3) is 0 Å². The maximum absolute atomic E-state index is 13.2. The zero-order valence-corrected chi connectivity index (χ0v) is 10.7. The highest BCUT2D eigenvalue weighted by molar-refractivity contribution is 5.42. The van der Waals surface area contributed by atoms with Crippen molar-refractivity contribution < 1.29 is 13.5 Å². The molecule has 2 aromatic carbocycles. The lowest BCUT2D eigenvalue weighted by Crippen LogP contribution is -2.00. The Morgan fingerprint density at radius 3 is 2.60 bits per heavy atom. The zero-order chi connectivity index (χ0) is 14.4. The van der Waals surface area contributed by atoms with Crippen LogP contribution in [0.4, 0.5) is 8.78 Å². The Kier molecular flexibility index (Phi) is 4.70. The molecule has 0 radical (unpaired) electrons. The molecular formula is C16H13F2NO. The van der Waals surface area contributed by atoms with E-state index in [4.69, 9.17) is 10.5 Å². The molecule has 0 saturated heterocycles. The van der Waals surface area contributed by atoms with Gasteiger partial charge in [0.2, 0.25) is 0 Å². The first-order valence-electron chi connectivity index (χ1n) is 6.05. The fourth-order valence-electron chi connectivity index (χ4n) is 1.66. The fourth-order valence-corrected chi connectivity index (χ4v) is 1.66. The predicted octanol–water partition coefficient (Wildman–Crippen LogP) is 2.85. The second-order valence-corrected chi connectivity index (χ2v) is 4.05. The van der Waals surface area contributed by atoms with E-state index in [1.165, 1.54) is 24.3 Å². The lowest BCUT2D eigenvalue weighted by molar-refractivity contribution is 0.304. The van der Waals surface area contributed by atoms with E-state index in [9.17, 15) is 8.78 Å². The minimum atomic E-state index is -0.374. The van der Waals surface area contributed by atoms with Crippen LogP contribution in [0, 0.1) is 23.5 Å². The minimum Gasteiger partial charge on any atom is -0.489 e. The Morgan fingerprint density at radius 2 is 1.85 bits per heavy atom. The smallest absolute Gasteiger partial charge is 0.126 e. The van der Waals surface area contributed by atoms with Crippen LogP contribution in [0.15, 0.2) is 42.5 Å². The second kappa shape index (κ2) is 6.69. The molecular weight excluding hydrogens is 260 g/mol. The van der Waals surface area contributed by atoms with E-state index in [1.807, 2.05) is 0 Å². The maximum Gasteiger partial charge on any atom is 0.126 e. The first kappa shape index (κ1) is 14.0. The van der Waals surface area contributed by atoms with Gasteiger partial charge >= 0.3 is 0 Å². The molecule has 0 aliphatic carbocycles. The molecule has 0 aliphatic heterocycles. The van der Waals surface area contributed by atoms with Crippen molar-refractivity contribution in [1.82, 2.24) is 0 Å². The van der Waals surface area contributed by atoms with Crippen molar-refractivity contribution in [2.45, 2.75) is 6.61 Å². The van der Waals surface area contributed by atoms with E-state index in [1.54, 1.807) is 18.2 Å². The molecule has 102 valence electrons. The van der Waals surface area contributed by atoms with Crippen LogP contribution in [0.5, 0.6) is 5.75 Å². The lowest BCUT2D eigenvalue weighted by atomic mass is 10.1. The van der Waals surface area contributed by atoms with Gasteiger partial charge in [0.15, 0.2) is 0 Å². The highest BCUT2D eigenvalue weighted by Crippen LogP contribution is 2.16. The van der Waals surface area contributed by atoms with Gasteiger partial charge in [-0.2, -0.15) is 0 Å². The number of halogens is 2. The molecule has 2 N–H and O–H groups in total. The number of hydrogen-bond acceptors (Lipinski definition) is 2. The van der Waals surface area contributed by atoms with Crippen molar-refractivity contribution in [1.29, 1.82) is 0 Å². The summed E-state index contributed by atoms with van der Waals surface area (Å²) in [5.74, 6) is 5.13. The summed E-state index contributed by atoms with van der Waals surface area (Å²) in [5, 5.41) is 0. The van der Waals surface area contributed by atoms with Gasteiger partial charge in [-0.05, 0) is 24.3 Å². The summed E-state index contributed by atoms with van der Waals surface area (Å²) in [6.45, 7) is 0.374. The molecule has 0 aromatic heterocycles. The van der Waals surface area contributed by atoms with Crippen LogP contribution in [0.2, 0.25) is 0 Å². The third-order valence-corrected chi connectivity index (χ3v) is 2.59. The van der Waals surface area contributed by atoms with Crippen LogP contribution in [0.25, 0.3) is 0 Å². The van der Waals surface area contributed by atoms with E-state index in [2.05, 4.69) is 11.8 Å². The monoisotopic (exact) mass is 273 g/mol. The third kappa shape index (κ3) is 3.81. The molecule has 0 unspecified atom stereocenters. The van der Waals surface area contributed by atoms with Gasteiger partial charge < -0.3 is 10.5 Å². The summed E-state index contributed by atoms with van der Waals surface area (Å²) in [7, 11) is 0. The Morgan fingerprint density at radius 1 is 1.05 bits per heavy atom. The van der Waals surface area contributed by atoms with Crippen LogP contribution in [-0.2, 0) is 6.61 Å². The van der Waals surface area contributed by atoms with Gasteiger partial charge in [-0.25, -0.2) is 8.78 Å². The number of benzene rings is 2. The second-order valence-electron chi connectivity index (χ2n) is 4.05. The summed E-state index contributed by atoms with van der Waals surface area (Å²) in [4.78, 5) is 0. The first-order chi connectivity index (χ1) is 9.69. The van der Waals surface area contributed by atoms with Gasteiger partial charge in [0, 0.05) is 17.2 Å².